The van der Waals surface area contributed by atoms with Gasteiger partial charge in [0.1, 0.15) is 11.6 Å². The highest BCUT2D eigenvalue weighted by molar-refractivity contribution is 5.94. The number of halogens is 1. The van der Waals surface area contributed by atoms with E-state index in [9.17, 15) is 9.90 Å². The highest BCUT2D eigenvalue weighted by Crippen LogP contribution is 2.40. The molecule has 9 nitrogen and oxygen atoms in total. The third-order valence-electron chi connectivity index (χ3n) is 8.61. The number of morpholine rings is 1. The molecule has 1 unspecified atom stereocenters. The first-order valence-electron chi connectivity index (χ1n) is 14.4. The standard InChI is InChI=1S/C31H33FN6O3/c32-24-15-19-1-3-28(38-11-13-41-14-12-38)22(19)16-23(24)26-17-27(30-25(35-26)5-8-33-31(30)40)36-29-4-2-20(18-34-29)37-9-6-21(39)7-10-37/h2,4-5,8,15-18,21,28,39H,1,3,6-7,9-14H2,(H,33,40)(H,34,35,36). The number of aromatic amines is 1. The molecule has 0 bridgehead atoms. The van der Waals surface area contributed by atoms with Gasteiger partial charge < -0.3 is 25.0 Å². The van der Waals surface area contributed by atoms with Gasteiger partial charge in [-0.25, -0.2) is 14.4 Å². The number of fused-ring (bicyclic) bond motifs is 2. The Morgan fingerprint density at radius 2 is 1.88 bits per heavy atom. The molecule has 10 heteroatoms. The molecular formula is C31H33FN6O3. The molecule has 5 heterocycles. The summed E-state index contributed by atoms with van der Waals surface area (Å²) >= 11 is 0. The molecule has 2 fully saturated rings. The quantitative estimate of drug-likeness (QED) is 0.337. The number of aromatic nitrogens is 3. The summed E-state index contributed by atoms with van der Waals surface area (Å²) in [7, 11) is 0. The van der Waals surface area contributed by atoms with Crippen molar-refractivity contribution in [2.45, 2.75) is 37.8 Å². The number of nitrogens with zero attached hydrogens (tertiary/aromatic N) is 4. The first-order chi connectivity index (χ1) is 20.0. The fourth-order valence-corrected chi connectivity index (χ4v) is 6.41. The van der Waals surface area contributed by atoms with Crippen molar-refractivity contribution in [3.8, 4) is 11.3 Å². The molecule has 2 aliphatic heterocycles. The van der Waals surface area contributed by atoms with E-state index in [2.05, 4.69) is 25.1 Å². The number of piperidine rings is 1. The van der Waals surface area contributed by atoms with E-state index in [1.165, 1.54) is 0 Å². The predicted octanol–water partition coefficient (Wildman–Crippen LogP) is 4.15. The Morgan fingerprint density at radius 1 is 1.05 bits per heavy atom. The number of ether oxygens (including phenoxy) is 1. The van der Waals surface area contributed by atoms with Crippen LogP contribution in [0.1, 0.15) is 36.4 Å². The van der Waals surface area contributed by atoms with Crippen molar-refractivity contribution in [1.29, 1.82) is 0 Å². The van der Waals surface area contributed by atoms with Crippen LogP contribution in [0, 0.1) is 5.82 Å². The van der Waals surface area contributed by atoms with Gasteiger partial charge in [-0.15, -0.1) is 0 Å². The van der Waals surface area contributed by atoms with Gasteiger partial charge in [-0.05, 0) is 73.2 Å². The second-order valence-corrected chi connectivity index (χ2v) is 11.1. The minimum Gasteiger partial charge on any atom is -0.393 e. The van der Waals surface area contributed by atoms with Crippen molar-refractivity contribution in [2.24, 2.45) is 0 Å². The lowest BCUT2D eigenvalue weighted by Gasteiger charge is -2.32. The van der Waals surface area contributed by atoms with Gasteiger partial charge in [0.2, 0.25) is 0 Å². The summed E-state index contributed by atoms with van der Waals surface area (Å²) in [6.45, 7) is 4.72. The lowest BCUT2D eigenvalue weighted by Crippen LogP contribution is -2.38. The Balaban J connectivity index is 1.24. The van der Waals surface area contributed by atoms with Crippen LogP contribution < -0.4 is 15.8 Å². The van der Waals surface area contributed by atoms with Gasteiger partial charge in [-0.3, -0.25) is 9.69 Å². The lowest BCUT2D eigenvalue weighted by atomic mass is 9.99. The zero-order valence-electron chi connectivity index (χ0n) is 22.8. The molecule has 1 aliphatic carbocycles. The molecule has 7 rings (SSSR count). The first kappa shape index (κ1) is 26.1. The van der Waals surface area contributed by atoms with Crippen LogP contribution in [0.4, 0.5) is 21.6 Å². The number of nitrogens with one attached hydrogen (secondary N) is 2. The van der Waals surface area contributed by atoms with E-state index in [1.54, 1.807) is 30.6 Å². The minimum atomic E-state index is -0.317. The number of aliphatic hydroxyl groups is 1. The number of aryl methyl sites for hydroxylation is 1. The SMILES string of the molecule is O=c1[nH]ccc2nc(-c3cc4c(cc3F)CCC4N3CCOCC3)cc(Nc3ccc(N4CCC(O)CC4)cn3)c12. The number of aliphatic hydroxyl groups excluding tert-OH is 1. The molecule has 3 aromatic heterocycles. The molecule has 0 spiro atoms. The van der Waals surface area contributed by atoms with Crippen molar-refractivity contribution in [3.05, 3.63) is 76.1 Å². The van der Waals surface area contributed by atoms with Crippen LogP contribution in [0.5, 0.6) is 0 Å². The van der Waals surface area contributed by atoms with Gasteiger partial charge in [-0.1, -0.05) is 0 Å². The molecule has 0 amide bonds. The highest BCUT2D eigenvalue weighted by atomic mass is 19.1. The van der Waals surface area contributed by atoms with Gasteiger partial charge in [-0.2, -0.15) is 0 Å². The second-order valence-electron chi connectivity index (χ2n) is 11.1. The fourth-order valence-electron chi connectivity index (χ4n) is 6.41. The summed E-state index contributed by atoms with van der Waals surface area (Å²) in [5.74, 6) is 0.248. The lowest BCUT2D eigenvalue weighted by molar-refractivity contribution is 0.0164. The number of hydrogen-bond donors (Lipinski definition) is 3. The molecule has 41 heavy (non-hydrogen) atoms. The smallest absolute Gasteiger partial charge is 0.259 e. The largest absolute Gasteiger partial charge is 0.393 e. The summed E-state index contributed by atoms with van der Waals surface area (Å²) in [6, 6.07) is 11.2. The zero-order chi connectivity index (χ0) is 27.9. The van der Waals surface area contributed by atoms with E-state index in [-0.39, 0.29) is 23.5 Å². The average Bonchev–Trinajstić information content (AvgIpc) is 3.40. The topological polar surface area (TPSA) is 107 Å². The van der Waals surface area contributed by atoms with Crippen molar-refractivity contribution >= 4 is 28.1 Å². The Bertz CT molecular complexity index is 1630. The van der Waals surface area contributed by atoms with Crippen molar-refractivity contribution in [2.75, 3.05) is 49.6 Å². The zero-order valence-corrected chi connectivity index (χ0v) is 22.8. The summed E-state index contributed by atoms with van der Waals surface area (Å²) < 4.78 is 21.1. The summed E-state index contributed by atoms with van der Waals surface area (Å²) in [5, 5.41) is 13.5. The number of H-pyrrole nitrogens is 1. The van der Waals surface area contributed by atoms with Crippen LogP contribution in [0.15, 0.2) is 53.6 Å². The van der Waals surface area contributed by atoms with Gasteiger partial charge >= 0.3 is 0 Å². The van der Waals surface area contributed by atoms with E-state index >= 15 is 4.39 Å². The second kappa shape index (κ2) is 10.8. The maximum Gasteiger partial charge on any atom is 0.259 e. The van der Waals surface area contributed by atoms with Crippen LogP contribution in [0.2, 0.25) is 0 Å². The Kier molecular flexibility index (Phi) is 6.90. The monoisotopic (exact) mass is 556 g/mol. The third-order valence-corrected chi connectivity index (χ3v) is 8.61. The van der Waals surface area contributed by atoms with E-state index in [1.807, 2.05) is 18.2 Å². The highest BCUT2D eigenvalue weighted by Gasteiger charge is 2.31. The van der Waals surface area contributed by atoms with Crippen molar-refractivity contribution in [1.82, 2.24) is 19.9 Å². The van der Waals surface area contributed by atoms with E-state index < -0.39 is 0 Å². The Labute approximate surface area is 237 Å². The Hall–Kier alpha value is -3.86. The number of pyridine rings is 3. The molecule has 212 valence electrons. The van der Waals surface area contributed by atoms with Crippen LogP contribution in [0.25, 0.3) is 22.2 Å². The van der Waals surface area contributed by atoms with Gasteiger partial charge in [0.25, 0.3) is 5.56 Å². The third kappa shape index (κ3) is 5.07. The average molecular weight is 557 g/mol. The number of hydrogen-bond acceptors (Lipinski definition) is 8. The predicted molar refractivity (Wildman–Crippen MR) is 156 cm³/mol. The maximum absolute atomic E-state index is 15.6. The van der Waals surface area contributed by atoms with Crippen LogP contribution in [-0.2, 0) is 11.2 Å². The molecular weight excluding hydrogens is 523 g/mol. The fraction of sp³-hybridized carbons (Fsp3) is 0.387. The maximum atomic E-state index is 15.6. The molecule has 2 saturated heterocycles. The summed E-state index contributed by atoms with van der Waals surface area (Å²) in [5.41, 5.74) is 4.76. The molecule has 0 saturated carbocycles. The molecule has 3 aliphatic rings. The summed E-state index contributed by atoms with van der Waals surface area (Å²) in [4.78, 5) is 29.6. The van der Waals surface area contributed by atoms with Gasteiger partial charge in [0.15, 0.2) is 0 Å². The molecule has 0 radical (unpaired) electrons. The van der Waals surface area contributed by atoms with Crippen molar-refractivity contribution < 1.29 is 14.2 Å². The number of rotatable bonds is 5. The van der Waals surface area contributed by atoms with Gasteiger partial charge in [0, 0.05) is 44.0 Å². The van der Waals surface area contributed by atoms with E-state index in [0.29, 0.717) is 46.9 Å². The Morgan fingerprint density at radius 3 is 2.66 bits per heavy atom. The van der Waals surface area contributed by atoms with Crippen LogP contribution in [-0.4, -0.2) is 70.5 Å². The molecule has 1 aromatic carbocycles. The van der Waals surface area contributed by atoms with Crippen LogP contribution >= 0.6 is 0 Å². The minimum absolute atomic E-state index is 0.236. The van der Waals surface area contributed by atoms with Crippen molar-refractivity contribution in [3.63, 3.8) is 0 Å². The summed E-state index contributed by atoms with van der Waals surface area (Å²) in [6.07, 6.45) is 6.39. The molecule has 4 aromatic rings. The van der Waals surface area contributed by atoms with Crippen LogP contribution in [0.3, 0.4) is 0 Å². The number of benzene rings is 1. The first-order valence-corrected chi connectivity index (χ1v) is 14.4. The van der Waals surface area contributed by atoms with E-state index in [0.717, 1.165) is 68.7 Å². The number of anilines is 3. The molecule has 1 atom stereocenters. The van der Waals surface area contributed by atoms with Gasteiger partial charge in [0.05, 0.1) is 53.5 Å². The normalized spacial score (nSPS) is 20.0. The van der Waals surface area contributed by atoms with E-state index in [4.69, 9.17) is 9.72 Å². The molecule has 3 N–H and O–H groups in total.